The summed E-state index contributed by atoms with van der Waals surface area (Å²) in [6.45, 7) is 11.9. The molecule has 1 aromatic heterocycles. The summed E-state index contributed by atoms with van der Waals surface area (Å²) in [6, 6.07) is 0.516. The predicted molar refractivity (Wildman–Crippen MR) is 87.3 cm³/mol. The van der Waals surface area contributed by atoms with E-state index in [1.54, 1.807) is 0 Å². The lowest BCUT2D eigenvalue weighted by atomic mass is 10.2. The smallest absolute Gasteiger partial charge is 0.147 e. The Bertz CT molecular complexity index is 424. The van der Waals surface area contributed by atoms with Crippen LogP contribution < -0.4 is 10.2 Å². The highest BCUT2D eigenvalue weighted by molar-refractivity contribution is 8.00. The SMILES string of the molecule is CC(C)CNCc1cncc(N2CCSC(C)C2C)n1. The average Bonchev–Trinajstić information content (AvgIpc) is 2.42. The molecule has 2 unspecified atom stereocenters. The molecule has 1 fully saturated rings. The van der Waals surface area contributed by atoms with Crippen LogP contribution in [-0.2, 0) is 6.54 Å². The van der Waals surface area contributed by atoms with E-state index in [4.69, 9.17) is 4.98 Å². The van der Waals surface area contributed by atoms with Crippen LogP contribution in [-0.4, -0.2) is 40.1 Å². The van der Waals surface area contributed by atoms with Crippen LogP contribution in [0.4, 0.5) is 5.82 Å². The lowest BCUT2D eigenvalue weighted by Crippen LogP contribution is -2.45. The quantitative estimate of drug-likeness (QED) is 0.904. The third-order valence-electron chi connectivity index (χ3n) is 3.71. The van der Waals surface area contributed by atoms with Gasteiger partial charge >= 0.3 is 0 Å². The van der Waals surface area contributed by atoms with Gasteiger partial charge < -0.3 is 10.2 Å². The summed E-state index contributed by atoms with van der Waals surface area (Å²) >= 11 is 2.04. The highest BCUT2D eigenvalue weighted by Crippen LogP contribution is 2.27. The molecule has 1 aromatic rings. The molecular formula is C15H26N4S. The van der Waals surface area contributed by atoms with Crippen molar-refractivity contribution in [2.75, 3.05) is 23.7 Å². The van der Waals surface area contributed by atoms with Crippen LogP contribution >= 0.6 is 11.8 Å². The van der Waals surface area contributed by atoms with E-state index < -0.39 is 0 Å². The third-order valence-corrected chi connectivity index (χ3v) is 5.05. The molecule has 2 rings (SSSR count). The van der Waals surface area contributed by atoms with E-state index in [0.717, 1.165) is 31.1 Å². The lowest BCUT2D eigenvalue weighted by molar-refractivity contribution is 0.546. The van der Waals surface area contributed by atoms with Crippen molar-refractivity contribution in [2.45, 2.75) is 45.5 Å². The van der Waals surface area contributed by atoms with Gasteiger partial charge in [-0.2, -0.15) is 11.8 Å². The predicted octanol–water partition coefficient (Wildman–Crippen LogP) is 2.55. The largest absolute Gasteiger partial charge is 0.351 e. The van der Waals surface area contributed by atoms with Crippen LogP contribution in [0.2, 0.25) is 0 Å². The molecular weight excluding hydrogens is 268 g/mol. The van der Waals surface area contributed by atoms with Crippen molar-refractivity contribution in [3.05, 3.63) is 18.1 Å². The molecule has 1 aliphatic heterocycles. The van der Waals surface area contributed by atoms with Crippen molar-refractivity contribution >= 4 is 17.6 Å². The Morgan fingerprint density at radius 3 is 2.95 bits per heavy atom. The second-order valence-corrected chi connectivity index (χ2v) is 7.39. The van der Waals surface area contributed by atoms with Crippen LogP contribution in [0.25, 0.3) is 0 Å². The molecule has 1 aliphatic rings. The van der Waals surface area contributed by atoms with Crippen LogP contribution in [0.5, 0.6) is 0 Å². The number of anilines is 1. The van der Waals surface area contributed by atoms with Gasteiger partial charge in [-0.05, 0) is 19.4 Å². The minimum absolute atomic E-state index is 0.516. The zero-order chi connectivity index (χ0) is 14.5. The summed E-state index contributed by atoms with van der Waals surface area (Å²) in [5, 5.41) is 4.07. The Kier molecular flexibility index (Phi) is 5.66. The van der Waals surface area contributed by atoms with E-state index >= 15 is 0 Å². The van der Waals surface area contributed by atoms with Gasteiger partial charge in [-0.3, -0.25) is 4.98 Å². The number of rotatable bonds is 5. The van der Waals surface area contributed by atoms with Gasteiger partial charge in [0, 0.05) is 36.3 Å². The van der Waals surface area contributed by atoms with Crippen LogP contribution in [0.3, 0.4) is 0 Å². The number of aromatic nitrogens is 2. The minimum atomic E-state index is 0.516. The number of hydrogen-bond donors (Lipinski definition) is 1. The molecule has 0 bridgehead atoms. The van der Waals surface area contributed by atoms with Gasteiger partial charge in [-0.25, -0.2) is 4.98 Å². The first-order valence-corrected chi connectivity index (χ1v) is 8.52. The van der Waals surface area contributed by atoms with E-state index in [1.807, 2.05) is 24.2 Å². The fourth-order valence-electron chi connectivity index (χ4n) is 2.36. The molecule has 0 aliphatic carbocycles. The normalized spacial score (nSPS) is 23.4. The van der Waals surface area contributed by atoms with Crippen molar-refractivity contribution in [1.82, 2.24) is 15.3 Å². The van der Waals surface area contributed by atoms with Crippen LogP contribution in [0, 0.1) is 5.92 Å². The van der Waals surface area contributed by atoms with Crippen molar-refractivity contribution in [2.24, 2.45) is 5.92 Å². The number of hydrogen-bond acceptors (Lipinski definition) is 5. The highest BCUT2D eigenvalue weighted by Gasteiger charge is 2.26. The van der Waals surface area contributed by atoms with Gasteiger partial charge in [-0.1, -0.05) is 20.8 Å². The van der Waals surface area contributed by atoms with E-state index in [9.17, 15) is 0 Å². The van der Waals surface area contributed by atoms with Crippen LogP contribution in [0.1, 0.15) is 33.4 Å². The van der Waals surface area contributed by atoms with Crippen molar-refractivity contribution in [3.63, 3.8) is 0 Å². The molecule has 0 radical (unpaired) electrons. The van der Waals surface area contributed by atoms with Gasteiger partial charge in [0.15, 0.2) is 0 Å². The van der Waals surface area contributed by atoms with Crippen LogP contribution in [0.15, 0.2) is 12.4 Å². The number of nitrogens with one attached hydrogen (secondary N) is 1. The van der Waals surface area contributed by atoms with E-state index in [-0.39, 0.29) is 0 Å². The van der Waals surface area contributed by atoms with Gasteiger partial charge in [0.2, 0.25) is 0 Å². The van der Waals surface area contributed by atoms with Crippen molar-refractivity contribution in [1.29, 1.82) is 0 Å². The molecule has 0 amide bonds. The summed E-state index contributed by atoms with van der Waals surface area (Å²) in [6.07, 6.45) is 3.76. The fourth-order valence-corrected chi connectivity index (χ4v) is 3.46. The summed E-state index contributed by atoms with van der Waals surface area (Å²) in [5.41, 5.74) is 1.03. The maximum Gasteiger partial charge on any atom is 0.147 e. The Morgan fingerprint density at radius 2 is 2.20 bits per heavy atom. The molecule has 5 heteroatoms. The third kappa shape index (κ3) is 4.09. The summed E-state index contributed by atoms with van der Waals surface area (Å²) in [5.74, 6) is 2.85. The second-order valence-electron chi connectivity index (χ2n) is 5.90. The highest BCUT2D eigenvalue weighted by atomic mass is 32.2. The Labute approximate surface area is 126 Å². The fraction of sp³-hybridized carbons (Fsp3) is 0.733. The van der Waals surface area contributed by atoms with Gasteiger partial charge in [0.05, 0.1) is 11.9 Å². The lowest BCUT2D eigenvalue weighted by Gasteiger charge is -2.38. The van der Waals surface area contributed by atoms with Gasteiger partial charge in [0.25, 0.3) is 0 Å². The molecule has 20 heavy (non-hydrogen) atoms. The van der Waals surface area contributed by atoms with E-state index in [2.05, 4.69) is 42.9 Å². The van der Waals surface area contributed by atoms with E-state index in [0.29, 0.717) is 17.2 Å². The molecule has 0 spiro atoms. The molecule has 1 N–H and O–H groups in total. The summed E-state index contributed by atoms with van der Waals surface area (Å²) in [7, 11) is 0. The zero-order valence-electron chi connectivity index (χ0n) is 13.0. The first kappa shape index (κ1) is 15.6. The minimum Gasteiger partial charge on any atom is -0.351 e. The molecule has 0 aromatic carbocycles. The maximum absolute atomic E-state index is 4.77. The van der Waals surface area contributed by atoms with E-state index in [1.165, 1.54) is 5.75 Å². The van der Waals surface area contributed by atoms with Crippen molar-refractivity contribution < 1.29 is 0 Å². The summed E-state index contributed by atoms with van der Waals surface area (Å²) in [4.78, 5) is 11.5. The molecule has 0 saturated carbocycles. The molecule has 2 atom stereocenters. The van der Waals surface area contributed by atoms with Gasteiger partial charge in [0.1, 0.15) is 5.82 Å². The molecule has 2 heterocycles. The molecule has 1 saturated heterocycles. The zero-order valence-corrected chi connectivity index (χ0v) is 13.8. The number of thioether (sulfide) groups is 1. The standard InChI is InChI=1S/C15H26N4S/c1-11(2)7-16-8-14-9-17-10-15(18-14)19-5-6-20-13(4)12(19)3/h9-13,16H,5-8H2,1-4H3. The number of nitrogens with zero attached hydrogens (tertiary/aromatic N) is 3. The van der Waals surface area contributed by atoms with Crippen molar-refractivity contribution in [3.8, 4) is 0 Å². The Hall–Kier alpha value is -0.810. The molecule has 112 valence electrons. The second kappa shape index (κ2) is 7.27. The first-order valence-electron chi connectivity index (χ1n) is 7.48. The Balaban J connectivity index is 2.01. The topological polar surface area (TPSA) is 41.1 Å². The van der Waals surface area contributed by atoms with Gasteiger partial charge in [-0.15, -0.1) is 0 Å². The first-order chi connectivity index (χ1) is 9.58. The average molecular weight is 294 g/mol. The Morgan fingerprint density at radius 1 is 1.40 bits per heavy atom. The monoisotopic (exact) mass is 294 g/mol. The molecule has 4 nitrogen and oxygen atoms in total. The summed E-state index contributed by atoms with van der Waals surface area (Å²) < 4.78 is 0. The maximum atomic E-state index is 4.77.